The fourth-order valence-electron chi connectivity index (χ4n) is 2.93. The summed E-state index contributed by atoms with van der Waals surface area (Å²) in [6.07, 6.45) is 0. The fourth-order valence-corrected chi connectivity index (χ4v) is 2.93. The molecule has 0 aromatic heterocycles. The Hall–Kier alpha value is -2.89. The summed E-state index contributed by atoms with van der Waals surface area (Å²) in [5.74, 6) is -0.178. The van der Waals surface area contributed by atoms with Gasteiger partial charge in [0.15, 0.2) is 6.61 Å². The molecule has 5 nitrogen and oxygen atoms in total. The van der Waals surface area contributed by atoms with E-state index < -0.39 is 11.9 Å². The summed E-state index contributed by atoms with van der Waals surface area (Å²) < 4.78 is 19.9. The van der Waals surface area contributed by atoms with Crippen LogP contribution in [0.25, 0.3) is 0 Å². The van der Waals surface area contributed by atoms with Gasteiger partial charge in [-0.05, 0) is 49.9 Å². The standard InChI is InChI=1S/C24H31FN2O3/c1-16(2)13-26-24(29)19(5)27(14-20-8-6-7-9-21(20)25)23(28)15-30-22-12-17(3)10-11-18(22)4/h6-12,16,19H,13-15H2,1-5H3,(H,26,29). The Bertz CT molecular complexity index is 883. The van der Waals surface area contributed by atoms with Gasteiger partial charge in [-0.15, -0.1) is 0 Å². The van der Waals surface area contributed by atoms with Crippen LogP contribution in [0.4, 0.5) is 4.39 Å². The van der Waals surface area contributed by atoms with Crippen LogP contribution in [0.15, 0.2) is 42.5 Å². The van der Waals surface area contributed by atoms with E-state index in [-0.39, 0.29) is 30.9 Å². The smallest absolute Gasteiger partial charge is 0.261 e. The van der Waals surface area contributed by atoms with Crippen molar-refractivity contribution in [2.45, 2.75) is 47.2 Å². The van der Waals surface area contributed by atoms with Gasteiger partial charge in [0.1, 0.15) is 17.6 Å². The van der Waals surface area contributed by atoms with Gasteiger partial charge in [-0.1, -0.05) is 44.2 Å². The van der Waals surface area contributed by atoms with Crippen LogP contribution in [0.1, 0.15) is 37.5 Å². The second-order valence-electron chi connectivity index (χ2n) is 7.99. The van der Waals surface area contributed by atoms with Crippen LogP contribution in [0, 0.1) is 25.6 Å². The Morgan fingerprint density at radius 2 is 1.80 bits per heavy atom. The molecule has 0 heterocycles. The number of hydrogen-bond donors (Lipinski definition) is 1. The van der Waals surface area contributed by atoms with Crippen LogP contribution in [0.3, 0.4) is 0 Å². The SMILES string of the molecule is Cc1ccc(C)c(OCC(=O)N(Cc2ccccc2F)C(C)C(=O)NCC(C)C)c1. The molecule has 0 saturated carbocycles. The van der Waals surface area contributed by atoms with Crippen LogP contribution in [0.5, 0.6) is 5.75 Å². The molecule has 6 heteroatoms. The second-order valence-corrected chi connectivity index (χ2v) is 7.99. The highest BCUT2D eigenvalue weighted by Crippen LogP contribution is 2.20. The van der Waals surface area contributed by atoms with Crippen molar-refractivity contribution in [2.75, 3.05) is 13.2 Å². The van der Waals surface area contributed by atoms with Gasteiger partial charge in [-0.2, -0.15) is 0 Å². The fraction of sp³-hybridized carbons (Fsp3) is 0.417. The topological polar surface area (TPSA) is 58.6 Å². The monoisotopic (exact) mass is 414 g/mol. The first-order valence-electron chi connectivity index (χ1n) is 10.2. The Labute approximate surface area is 178 Å². The number of hydrogen-bond acceptors (Lipinski definition) is 3. The molecule has 0 saturated heterocycles. The molecule has 2 rings (SSSR count). The third-order valence-corrected chi connectivity index (χ3v) is 4.85. The maximum atomic E-state index is 14.2. The summed E-state index contributed by atoms with van der Waals surface area (Å²) in [6, 6.07) is 11.2. The van der Waals surface area contributed by atoms with Crippen molar-refractivity contribution in [3.05, 3.63) is 65.0 Å². The predicted octanol–water partition coefficient (Wildman–Crippen LogP) is 4.01. The molecule has 2 amide bonds. The summed E-state index contributed by atoms with van der Waals surface area (Å²) in [5, 5.41) is 2.84. The molecule has 0 spiro atoms. The van der Waals surface area contributed by atoms with Gasteiger partial charge < -0.3 is 15.0 Å². The molecule has 0 aliphatic carbocycles. The quantitative estimate of drug-likeness (QED) is 0.674. The van der Waals surface area contributed by atoms with Crippen molar-refractivity contribution in [2.24, 2.45) is 5.92 Å². The number of nitrogens with one attached hydrogen (secondary N) is 1. The number of halogens is 1. The molecule has 2 aromatic carbocycles. The van der Waals surface area contributed by atoms with Crippen LogP contribution >= 0.6 is 0 Å². The van der Waals surface area contributed by atoms with Crippen LogP contribution in [-0.2, 0) is 16.1 Å². The van der Waals surface area contributed by atoms with E-state index in [4.69, 9.17) is 4.74 Å². The van der Waals surface area contributed by atoms with Crippen LogP contribution < -0.4 is 10.1 Å². The molecule has 0 fully saturated rings. The Morgan fingerprint density at radius 1 is 1.10 bits per heavy atom. The lowest BCUT2D eigenvalue weighted by Crippen LogP contribution is -2.49. The van der Waals surface area contributed by atoms with Gasteiger partial charge in [0.2, 0.25) is 5.91 Å². The van der Waals surface area contributed by atoms with Crippen molar-refractivity contribution in [1.29, 1.82) is 0 Å². The summed E-state index contributed by atoms with van der Waals surface area (Å²) in [5.41, 5.74) is 2.28. The van der Waals surface area contributed by atoms with Gasteiger partial charge in [0.25, 0.3) is 5.91 Å². The van der Waals surface area contributed by atoms with Crippen molar-refractivity contribution in [3.63, 3.8) is 0 Å². The first-order chi connectivity index (χ1) is 14.2. The molecule has 1 unspecified atom stereocenters. The lowest BCUT2D eigenvalue weighted by molar-refractivity contribution is -0.142. The Kier molecular flexibility index (Phi) is 8.39. The number of carbonyl (C=O) groups excluding carboxylic acids is 2. The number of aryl methyl sites for hydroxylation is 2. The molecule has 2 aromatic rings. The van der Waals surface area contributed by atoms with Gasteiger partial charge in [0.05, 0.1) is 0 Å². The summed E-state index contributed by atoms with van der Waals surface area (Å²) in [4.78, 5) is 27.0. The molecule has 0 radical (unpaired) electrons. The molecule has 1 atom stereocenters. The van der Waals surface area contributed by atoms with Crippen molar-refractivity contribution in [1.82, 2.24) is 10.2 Å². The molecule has 162 valence electrons. The third-order valence-electron chi connectivity index (χ3n) is 4.85. The lowest BCUT2D eigenvalue weighted by Gasteiger charge is -2.29. The third kappa shape index (κ3) is 6.58. The zero-order valence-corrected chi connectivity index (χ0v) is 18.4. The Morgan fingerprint density at radius 3 is 2.47 bits per heavy atom. The van der Waals surface area contributed by atoms with Gasteiger partial charge in [-0.3, -0.25) is 9.59 Å². The maximum absolute atomic E-state index is 14.2. The average Bonchev–Trinajstić information content (AvgIpc) is 2.71. The molecular formula is C24H31FN2O3. The van der Waals surface area contributed by atoms with Gasteiger partial charge >= 0.3 is 0 Å². The molecule has 1 N–H and O–H groups in total. The highest BCUT2D eigenvalue weighted by Gasteiger charge is 2.27. The van der Waals surface area contributed by atoms with Crippen molar-refractivity contribution in [3.8, 4) is 5.75 Å². The average molecular weight is 415 g/mol. The summed E-state index contributed by atoms with van der Waals surface area (Å²) in [6.45, 7) is 9.73. The number of amides is 2. The minimum Gasteiger partial charge on any atom is -0.483 e. The minimum absolute atomic E-state index is 0.0159. The predicted molar refractivity (Wildman–Crippen MR) is 116 cm³/mol. The number of carbonyl (C=O) groups is 2. The molecule has 30 heavy (non-hydrogen) atoms. The van der Waals surface area contributed by atoms with E-state index in [2.05, 4.69) is 5.32 Å². The summed E-state index contributed by atoms with van der Waals surface area (Å²) >= 11 is 0. The largest absolute Gasteiger partial charge is 0.483 e. The first kappa shape index (κ1) is 23.4. The normalized spacial score (nSPS) is 11.8. The maximum Gasteiger partial charge on any atom is 0.261 e. The van der Waals surface area contributed by atoms with E-state index >= 15 is 0 Å². The zero-order chi connectivity index (χ0) is 22.3. The van der Waals surface area contributed by atoms with Crippen LogP contribution in [0.2, 0.25) is 0 Å². The van der Waals surface area contributed by atoms with Gasteiger partial charge in [0, 0.05) is 18.7 Å². The number of nitrogens with zero attached hydrogens (tertiary/aromatic N) is 1. The van der Waals surface area contributed by atoms with E-state index in [9.17, 15) is 14.0 Å². The lowest BCUT2D eigenvalue weighted by atomic mass is 10.1. The van der Waals surface area contributed by atoms with E-state index in [0.29, 0.717) is 17.9 Å². The van der Waals surface area contributed by atoms with E-state index in [1.807, 2.05) is 45.9 Å². The number of rotatable bonds is 9. The molecule has 0 aliphatic heterocycles. The highest BCUT2D eigenvalue weighted by atomic mass is 19.1. The van der Waals surface area contributed by atoms with E-state index in [0.717, 1.165) is 11.1 Å². The highest BCUT2D eigenvalue weighted by molar-refractivity contribution is 5.88. The molecular weight excluding hydrogens is 383 g/mol. The first-order valence-corrected chi connectivity index (χ1v) is 10.2. The van der Waals surface area contributed by atoms with Crippen LogP contribution in [-0.4, -0.2) is 35.9 Å². The zero-order valence-electron chi connectivity index (χ0n) is 18.4. The minimum atomic E-state index is -0.766. The summed E-state index contributed by atoms with van der Waals surface area (Å²) in [7, 11) is 0. The molecule has 0 bridgehead atoms. The second kappa shape index (κ2) is 10.8. The molecule has 0 aliphatic rings. The van der Waals surface area contributed by atoms with Crippen molar-refractivity contribution >= 4 is 11.8 Å². The van der Waals surface area contributed by atoms with Crippen molar-refractivity contribution < 1.29 is 18.7 Å². The number of benzene rings is 2. The van der Waals surface area contributed by atoms with E-state index in [1.165, 1.54) is 11.0 Å². The Balaban J connectivity index is 2.18. The van der Waals surface area contributed by atoms with E-state index in [1.54, 1.807) is 25.1 Å². The number of ether oxygens (including phenoxy) is 1. The van der Waals surface area contributed by atoms with Gasteiger partial charge in [-0.25, -0.2) is 4.39 Å².